The number of amides is 1. The monoisotopic (exact) mass is 468 g/mol. The number of fused-ring (bicyclic) bond motifs is 1. The van der Waals surface area contributed by atoms with Crippen LogP contribution in [-0.4, -0.2) is 43.4 Å². The van der Waals surface area contributed by atoms with Gasteiger partial charge < -0.3 is 19.5 Å². The van der Waals surface area contributed by atoms with Gasteiger partial charge in [-0.3, -0.25) is 4.79 Å². The summed E-state index contributed by atoms with van der Waals surface area (Å²) in [6.45, 7) is 6.33. The Morgan fingerprint density at radius 2 is 1.73 bits per heavy atom. The number of carbonyl (C=O) groups is 2. The number of esters is 1. The second-order valence-corrected chi connectivity index (χ2v) is 8.39. The van der Waals surface area contributed by atoms with Crippen LogP contribution in [0.25, 0.3) is 10.9 Å². The summed E-state index contributed by atoms with van der Waals surface area (Å²) in [5, 5.41) is 4.53. The van der Waals surface area contributed by atoms with Crippen LogP contribution in [0.1, 0.15) is 34.0 Å². The van der Waals surface area contributed by atoms with E-state index in [4.69, 9.17) is 19.2 Å². The fourth-order valence-corrected chi connectivity index (χ4v) is 4.24. The number of hydrogen-bond donors (Lipinski definition) is 1. The van der Waals surface area contributed by atoms with Crippen molar-refractivity contribution in [1.82, 2.24) is 10.3 Å². The maximum atomic E-state index is 12.5. The Morgan fingerprint density at radius 3 is 2.42 bits per heavy atom. The van der Waals surface area contributed by atoms with Gasteiger partial charge in [-0.1, -0.05) is 17.8 Å². The first-order chi connectivity index (χ1) is 15.9. The van der Waals surface area contributed by atoms with E-state index in [0.29, 0.717) is 30.0 Å². The summed E-state index contributed by atoms with van der Waals surface area (Å²) in [6, 6.07) is 11.0. The molecule has 0 unspecified atom stereocenters. The topological polar surface area (TPSA) is 86.8 Å². The van der Waals surface area contributed by atoms with E-state index in [0.717, 1.165) is 32.9 Å². The SMILES string of the molecule is CCOC(=O)c1ccc(C)c(CNC(=O)CSc2cc(C)c3c(OC)ccc(OC)c3n2)c1. The molecule has 0 aliphatic rings. The van der Waals surface area contributed by atoms with E-state index in [2.05, 4.69) is 5.32 Å². The first-order valence-electron chi connectivity index (χ1n) is 10.6. The lowest BCUT2D eigenvalue weighted by Gasteiger charge is -2.13. The molecule has 0 saturated carbocycles. The molecule has 0 fully saturated rings. The van der Waals surface area contributed by atoms with E-state index in [1.807, 2.05) is 38.1 Å². The molecule has 1 heterocycles. The van der Waals surface area contributed by atoms with Crippen molar-refractivity contribution in [2.45, 2.75) is 32.3 Å². The lowest BCUT2D eigenvalue weighted by Crippen LogP contribution is -2.25. The van der Waals surface area contributed by atoms with E-state index in [9.17, 15) is 9.59 Å². The van der Waals surface area contributed by atoms with Gasteiger partial charge in [0, 0.05) is 11.9 Å². The minimum absolute atomic E-state index is 0.127. The molecule has 0 atom stereocenters. The standard InChI is InChI=1S/C25H28N2O5S/c1-6-32-25(29)17-8-7-15(2)18(12-17)13-26-21(28)14-33-22-11-16(3)23-19(30-4)9-10-20(31-5)24(23)27-22/h7-12H,6,13-14H2,1-5H3,(H,26,28). The molecule has 1 aromatic heterocycles. The number of benzene rings is 2. The highest BCUT2D eigenvalue weighted by Gasteiger charge is 2.14. The second kappa shape index (κ2) is 11.0. The van der Waals surface area contributed by atoms with Gasteiger partial charge in [-0.2, -0.15) is 0 Å². The molecule has 0 radical (unpaired) electrons. The average molecular weight is 469 g/mol. The van der Waals surface area contributed by atoms with Crippen molar-refractivity contribution < 1.29 is 23.8 Å². The van der Waals surface area contributed by atoms with Crippen LogP contribution < -0.4 is 14.8 Å². The Hall–Kier alpha value is -3.26. The molecule has 2 aromatic carbocycles. The second-order valence-electron chi connectivity index (χ2n) is 7.40. The van der Waals surface area contributed by atoms with Gasteiger partial charge in [0.2, 0.25) is 5.91 Å². The molecule has 0 spiro atoms. The fourth-order valence-electron chi connectivity index (χ4n) is 3.44. The van der Waals surface area contributed by atoms with Crippen molar-refractivity contribution in [1.29, 1.82) is 0 Å². The number of rotatable bonds is 9. The number of nitrogens with one attached hydrogen (secondary N) is 1. The Kier molecular flexibility index (Phi) is 8.16. The third-order valence-electron chi connectivity index (χ3n) is 5.19. The summed E-state index contributed by atoms with van der Waals surface area (Å²) in [5.74, 6) is 1.09. The summed E-state index contributed by atoms with van der Waals surface area (Å²) < 4.78 is 16.0. The molecule has 1 amide bonds. The van der Waals surface area contributed by atoms with Gasteiger partial charge in [0.1, 0.15) is 17.0 Å². The number of aromatic nitrogens is 1. The molecule has 33 heavy (non-hydrogen) atoms. The van der Waals surface area contributed by atoms with E-state index >= 15 is 0 Å². The molecule has 0 aliphatic carbocycles. The molecule has 0 saturated heterocycles. The highest BCUT2D eigenvalue weighted by molar-refractivity contribution is 7.99. The lowest BCUT2D eigenvalue weighted by molar-refractivity contribution is -0.118. The number of aryl methyl sites for hydroxylation is 2. The van der Waals surface area contributed by atoms with E-state index in [1.54, 1.807) is 33.3 Å². The van der Waals surface area contributed by atoms with Crippen molar-refractivity contribution in [3.63, 3.8) is 0 Å². The Labute approximate surface area is 197 Å². The van der Waals surface area contributed by atoms with Gasteiger partial charge in [-0.15, -0.1) is 0 Å². The zero-order chi connectivity index (χ0) is 24.0. The third-order valence-corrected chi connectivity index (χ3v) is 6.10. The van der Waals surface area contributed by atoms with Gasteiger partial charge in [0.25, 0.3) is 0 Å². The van der Waals surface area contributed by atoms with Crippen molar-refractivity contribution >= 4 is 34.5 Å². The summed E-state index contributed by atoms with van der Waals surface area (Å²) in [7, 11) is 3.22. The molecule has 0 bridgehead atoms. The van der Waals surface area contributed by atoms with Crippen molar-refractivity contribution in [3.05, 3.63) is 58.7 Å². The number of hydrogen-bond acceptors (Lipinski definition) is 7. The highest BCUT2D eigenvalue weighted by atomic mass is 32.2. The first-order valence-corrected chi connectivity index (χ1v) is 11.5. The number of pyridine rings is 1. The molecule has 3 rings (SSSR count). The fraction of sp³-hybridized carbons (Fsp3) is 0.320. The van der Waals surface area contributed by atoms with Gasteiger partial charge in [0.05, 0.1) is 37.2 Å². The number of carbonyl (C=O) groups excluding carboxylic acids is 2. The molecule has 1 N–H and O–H groups in total. The molecule has 174 valence electrons. The summed E-state index contributed by atoms with van der Waals surface area (Å²) in [4.78, 5) is 29.2. The summed E-state index contributed by atoms with van der Waals surface area (Å²) in [6.07, 6.45) is 0. The largest absolute Gasteiger partial charge is 0.496 e. The Bertz CT molecular complexity index is 1180. The van der Waals surface area contributed by atoms with Crippen LogP contribution in [0.2, 0.25) is 0 Å². The summed E-state index contributed by atoms with van der Waals surface area (Å²) >= 11 is 1.35. The highest BCUT2D eigenvalue weighted by Crippen LogP contribution is 2.35. The average Bonchev–Trinajstić information content (AvgIpc) is 2.81. The Balaban J connectivity index is 1.68. The maximum Gasteiger partial charge on any atom is 0.338 e. The minimum Gasteiger partial charge on any atom is -0.496 e. The zero-order valence-corrected chi connectivity index (χ0v) is 20.3. The predicted molar refractivity (Wildman–Crippen MR) is 129 cm³/mol. The lowest BCUT2D eigenvalue weighted by atomic mass is 10.0. The smallest absolute Gasteiger partial charge is 0.338 e. The van der Waals surface area contributed by atoms with Crippen LogP contribution in [0.3, 0.4) is 0 Å². The van der Waals surface area contributed by atoms with Crippen molar-refractivity contribution in [2.75, 3.05) is 26.6 Å². The van der Waals surface area contributed by atoms with Crippen LogP contribution in [-0.2, 0) is 16.1 Å². The van der Waals surface area contributed by atoms with Crippen LogP contribution >= 0.6 is 11.8 Å². The Morgan fingerprint density at radius 1 is 1.00 bits per heavy atom. The van der Waals surface area contributed by atoms with Gasteiger partial charge in [0.15, 0.2) is 0 Å². The molecule has 8 heteroatoms. The van der Waals surface area contributed by atoms with Crippen molar-refractivity contribution in [2.24, 2.45) is 0 Å². The molecular formula is C25H28N2O5S. The van der Waals surface area contributed by atoms with Crippen LogP contribution in [0, 0.1) is 13.8 Å². The molecule has 7 nitrogen and oxygen atoms in total. The summed E-state index contributed by atoms with van der Waals surface area (Å²) in [5.41, 5.74) is 4.02. The van der Waals surface area contributed by atoms with E-state index in [-0.39, 0.29) is 17.6 Å². The maximum absolute atomic E-state index is 12.5. The van der Waals surface area contributed by atoms with Crippen LogP contribution in [0.5, 0.6) is 11.5 Å². The number of nitrogens with zero attached hydrogens (tertiary/aromatic N) is 1. The van der Waals surface area contributed by atoms with Crippen molar-refractivity contribution in [3.8, 4) is 11.5 Å². The van der Waals surface area contributed by atoms with Crippen LogP contribution in [0.15, 0.2) is 41.4 Å². The van der Waals surface area contributed by atoms with E-state index < -0.39 is 0 Å². The van der Waals surface area contributed by atoms with E-state index in [1.165, 1.54) is 11.8 Å². The van der Waals surface area contributed by atoms with Gasteiger partial charge >= 0.3 is 5.97 Å². The normalized spacial score (nSPS) is 10.7. The van der Waals surface area contributed by atoms with Gasteiger partial charge in [-0.25, -0.2) is 9.78 Å². The molecule has 3 aromatic rings. The quantitative estimate of drug-likeness (QED) is 0.367. The third kappa shape index (κ3) is 5.76. The predicted octanol–water partition coefficient (Wildman–Crippen LogP) is 4.45. The first kappa shape index (κ1) is 24.4. The number of methoxy groups -OCH3 is 2. The number of thioether (sulfide) groups is 1. The molecular weight excluding hydrogens is 440 g/mol. The minimum atomic E-state index is -0.370. The van der Waals surface area contributed by atoms with Crippen LogP contribution in [0.4, 0.5) is 0 Å². The zero-order valence-electron chi connectivity index (χ0n) is 19.5. The molecule has 0 aliphatic heterocycles. The number of ether oxygens (including phenoxy) is 3. The van der Waals surface area contributed by atoms with Gasteiger partial charge in [-0.05, 0) is 67.8 Å².